The largest absolute Gasteiger partial charge is 0.298 e. The Labute approximate surface area is 97.2 Å². The molecule has 0 aromatic heterocycles. The van der Waals surface area contributed by atoms with Crippen LogP contribution in [0.4, 0.5) is 0 Å². The Bertz CT molecular complexity index is 416. The van der Waals surface area contributed by atoms with Gasteiger partial charge in [0.15, 0.2) is 0 Å². The Balaban J connectivity index is 2.36. The number of benzene rings is 1. The highest BCUT2D eigenvalue weighted by molar-refractivity contribution is 5.74. The molecule has 0 radical (unpaired) electrons. The van der Waals surface area contributed by atoms with Gasteiger partial charge in [0.1, 0.15) is 6.29 Å². The summed E-state index contributed by atoms with van der Waals surface area (Å²) in [6.45, 7) is 8.68. The van der Waals surface area contributed by atoms with Gasteiger partial charge in [-0.05, 0) is 29.7 Å². The van der Waals surface area contributed by atoms with E-state index in [1.807, 2.05) is 12.1 Å². The van der Waals surface area contributed by atoms with Crippen molar-refractivity contribution in [1.82, 2.24) is 0 Å². The Hall–Kier alpha value is -1.37. The number of hydrogen-bond acceptors (Lipinski definition) is 1. The molecule has 84 valence electrons. The van der Waals surface area contributed by atoms with Crippen LogP contribution in [0.3, 0.4) is 0 Å². The summed E-state index contributed by atoms with van der Waals surface area (Å²) in [6.07, 6.45) is 3.17. The third kappa shape index (κ3) is 1.60. The summed E-state index contributed by atoms with van der Waals surface area (Å²) in [4.78, 5) is 10.6. The molecule has 0 N–H and O–H groups in total. The van der Waals surface area contributed by atoms with Crippen molar-refractivity contribution in [3.8, 4) is 0 Å². The molecule has 0 aliphatic heterocycles. The summed E-state index contributed by atoms with van der Waals surface area (Å²) in [6, 6.07) is 7.97. The third-order valence-corrected chi connectivity index (χ3v) is 4.24. The van der Waals surface area contributed by atoms with Crippen LogP contribution in [0.1, 0.15) is 42.6 Å². The van der Waals surface area contributed by atoms with E-state index < -0.39 is 0 Å². The zero-order chi connectivity index (χ0) is 11.8. The van der Waals surface area contributed by atoms with Crippen molar-refractivity contribution in [3.63, 3.8) is 0 Å². The summed E-state index contributed by atoms with van der Waals surface area (Å²) in [7, 11) is 0. The van der Waals surface area contributed by atoms with Crippen LogP contribution in [-0.2, 0) is 5.41 Å². The average molecular weight is 214 g/mol. The Morgan fingerprint density at radius 3 is 2.44 bits per heavy atom. The molecule has 2 unspecified atom stereocenters. The molecule has 0 saturated heterocycles. The average Bonchev–Trinajstić information content (AvgIpc) is 2.59. The van der Waals surface area contributed by atoms with Crippen LogP contribution in [0.2, 0.25) is 0 Å². The lowest BCUT2D eigenvalue weighted by atomic mass is 9.74. The monoisotopic (exact) mass is 214 g/mol. The van der Waals surface area contributed by atoms with Crippen molar-refractivity contribution >= 4 is 6.29 Å². The lowest BCUT2D eigenvalue weighted by Gasteiger charge is -2.30. The predicted molar refractivity (Wildman–Crippen MR) is 66.7 cm³/mol. The van der Waals surface area contributed by atoms with E-state index in [2.05, 4.69) is 32.6 Å². The molecule has 1 saturated carbocycles. The molecule has 1 heteroatoms. The maximum Gasteiger partial charge on any atom is 0.150 e. The van der Waals surface area contributed by atoms with Gasteiger partial charge in [-0.1, -0.05) is 50.3 Å². The molecule has 2 atom stereocenters. The molecular weight excluding hydrogens is 196 g/mol. The van der Waals surface area contributed by atoms with Crippen molar-refractivity contribution in [2.45, 2.75) is 32.1 Å². The Kier molecular flexibility index (Phi) is 2.71. The second-order valence-corrected chi connectivity index (χ2v) is 5.04. The van der Waals surface area contributed by atoms with Gasteiger partial charge in [-0.15, -0.1) is 0 Å². The fourth-order valence-electron chi connectivity index (χ4n) is 2.64. The molecule has 1 aromatic carbocycles. The molecule has 0 heterocycles. The summed E-state index contributed by atoms with van der Waals surface area (Å²) in [5.74, 6) is 0.523. The third-order valence-electron chi connectivity index (χ3n) is 4.24. The zero-order valence-electron chi connectivity index (χ0n) is 9.99. The van der Waals surface area contributed by atoms with E-state index in [4.69, 9.17) is 0 Å². The lowest BCUT2D eigenvalue weighted by Crippen LogP contribution is -2.25. The molecular formula is C15H18O. The van der Waals surface area contributed by atoms with Crippen LogP contribution in [0, 0.1) is 5.92 Å². The first-order valence-corrected chi connectivity index (χ1v) is 5.81. The van der Waals surface area contributed by atoms with Crippen LogP contribution in [0.25, 0.3) is 0 Å². The van der Waals surface area contributed by atoms with E-state index in [1.165, 1.54) is 11.1 Å². The molecule has 1 fully saturated rings. The smallest absolute Gasteiger partial charge is 0.150 e. The van der Waals surface area contributed by atoms with Crippen LogP contribution in [0.5, 0.6) is 0 Å². The quantitative estimate of drug-likeness (QED) is 0.541. The van der Waals surface area contributed by atoms with Crippen LogP contribution in [-0.4, -0.2) is 6.29 Å². The minimum atomic E-state index is 0.193. The molecule has 1 nitrogen and oxygen atoms in total. The highest BCUT2D eigenvalue weighted by Crippen LogP contribution is 2.47. The summed E-state index contributed by atoms with van der Waals surface area (Å²) >= 11 is 0. The topological polar surface area (TPSA) is 17.1 Å². The molecule has 2 rings (SSSR count). The van der Waals surface area contributed by atoms with Gasteiger partial charge in [0.05, 0.1) is 0 Å². The van der Waals surface area contributed by atoms with Crippen molar-refractivity contribution < 1.29 is 4.79 Å². The van der Waals surface area contributed by atoms with Crippen molar-refractivity contribution in [1.29, 1.82) is 0 Å². The normalized spacial score (nSPS) is 29.4. The molecule has 1 aromatic rings. The highest BCUT2D eigenvalue weighted by atomic mass is 16.1. The van der Waals surface area contributed by atoms with Crippen LogP contribution >= 0.6 is 0 Å². The highest BCUT2D eigenvalue weighted by Gasteiger charge is 2.39. The van der Waals surface area contributed by atoms with E-state index in [0.29, 0.717) is 5.92 Å². The first-order valence-electron chi connectivity index (χ1n) is 5.81. The second kappa shape index (κ2) is 3.89. The lowest BCUT2D eigenvalue weighted by molar-refractivity contribution is 0.112. The fraction of sp³-hybridized carbons (Fsp3) is 0.400. The molecule has 1 aliphatic carbocycles. The Morgan fingerprint density at radius 1 is 1.38 bits per heavy atom. The van der Waals surface area contributed by atoms with Crippen LogP contribution in [0.15, 0.2) is 36.4 Å². The van der Waals surface area contributed by atoms with E-state index >= 15 is 0 Å². The maximum absolute atomic E-state index is 10.6. The first-order chi connectivity index (χ1) is 7.58. The van der Waals surface area contributed by atoms with Crippen LogP contribution < -0.4 is 0 Å². The number of hydrogen-bond donors (Lipinski definition) is 0. The second-order valence-electron chi connectivity index (χ2n) is 5.04. The number of carbonyl (C=O) groups excluding carboxylic acids is 1. The standard InChI is InChI=1S/C15H18O/c1-11-8-9-15(3,12(11)2)14-6-4-13(10-16)5-7-14/h4-7,10,12H,1,8-9H2,2-3H3. The molecule has 0 amide bonds. The van der Waals surface area contributed by atoms with Gasteiger partial charge in [-0.25, -0.2) is 0 Å². The van der Waals surface area contributed by atoms with Gasteiger partial charge < -0.3 is 0 Å². The van der Waals surface area contributed by atoms with Crippen molar-refractivity contribution in [2.75, 3.05) is 0 Å². The van der Waals surface area contributed by atoms with Gasteiger partial charge in [0, 0.05) is 5.56 Å². The summed E-state index contributed by atoms with van der Waals surface area (Å²) in [5, 5.41) is 0. The minimum Gasteiger partial charge on any atom is -0.298 e. The van der Waals surface area contributed by atoms with E-state index in [0.717, 1.165) is 24.7 Å². The van der Waals surface area contributed by atoms with Crippen molar-refractivity contribution in [2.24, 2.45) is 5.92 Å². The molecule has 16 heavy (non-hydrogen) atoms. The van der Waals surface area contributed by atoms with E-state index in [1.54, 1.807) is 0 Å². The van der Waals surface area contributed by atoms with E-state index in [-0.39, 0.29) is 5.41 Å². The van der Waals surface area contributed by atoms with Gasteiger partial charge in [0.2, 0.25) is 0 Å². The number of aldehydes is 1. The first kappa shape index (κ1) is 11.1. The number of carbonyl (C=O) groups is 1. The predicted octanol–water partition coefficient (Wildman–Crippen LogP) is 3.74. The fourth-order valence-corrected chi connectivity index (χ4v) is 2.64. The molecule has 1 aliphatic rings. The summed E-state index contributed by atoms with van der Waals surface area (Å²) < 4.78 is 0. The molecule has 0 spiro atoms. The Morgan fingerprint density at radius 2 is 2.00 bits per heavy atom. The molecule has 0 bridgehead atoms. The summed E-state index contributed by atoms with van der Waals surface area (Å²) in [5.41, 5.74) is 3.61. The SMILES string of the molecule is C=C1CCC(C)(c2ccc(C=O)cc2)C1C. The maximum atomic E-state index is 10.6. The van der Waals surface area contributed by atoms with Gasteiger partial charge in [-0.2, -0.15) is 0 Å². The van der Waals surface area contributed by atoms with Crippen molar-refractivity contribution in [3.05, 3.63) is 47.5 Å². The van der Waals surface area contributed by atoms with Gasteiger partial charge in [0.25, 0.3) is 0 Å². The van der Waals surface area contributed by atoms with Gasteiger partial charge in [-0.3, -0.25) is 4.79 Å². The number of rotatable bonds is 2. The van der Waals surface area contributed by atoms with Gasteiger partial charge >= 0.3 is 0 Å². The minimum absolute atomic E-state index is 0.193. The number of allylic oxidation sites excluding steroid dienone is 1. The zero-order valence-corrected chi connectivity index (χ0v) is 9.99. The van der Waals surface area contributed by atoms with E-state index in [9.17, 15) is 4.79 Å².